The minimum Gasteiger partial charge on any atom is -0.504 e. The average molecular weight is 400 g/mol. The van der Waals surface area contributed by atoms with Crippen LogP contribution in [0.15, 0.2) is 30.3 Å². The first-order valence-electron chi connectivity index (χ1n) is 6.21. The maximum Gasteiger partial charge on any atom is 0.417 e. The Kier molecular flexibility index (Phi) is 5.37. The molecule has 0 aliphatic carbocycles. The molecule has 0 aliphatic rings. The number of amides is 2. The van der Waals surface area contributed by atoms with Crippen LogP contribution in [0, 0.1) is 0 Å². The van der Waals surface area contributed by atoms with Gasteiger partial charge in [-0.2, -0.15) is 13.2 Å². The van der Waals surface area contributed by atoms with E-state index >= 15 is 0 Å². The van der Waals surface area contributed by atoms with E-state index in [0.29, 0.717) is 0 Å². The lowest BCUT2D eigenvalue weighted by molar-refractivity contribution is -0.137. The molecule has 2 aromatic carbocycles. The monoisotopic (exact) mass is 398 g/mol. The molecule has 0 aromatic heterocycles. The summed E-state index contributed by atoms with van der Waals surface area (Å²) in [6.45, 7) is 0. The van der Waals surface area contributed by atoms with Crippen molar-refractivity contribution in [3.63, 3.8) is 0 Å². The lowest BCUT2D eigenvalue weighted by Gasteiger charge is -2.14. The van der Waals surface area contributed by atoms with E-state index in [-0.39, 0.29) is 21.4 Å². The van der Waals surface area contributed by atoms with Crippen LogP contribution >= 0.6 is 34.8 Å². The Morgan fingerprint density at radius 1 is 1.04 bits per heavy atom. The average Bonchev–Trinajstić information content (AvgIpc) is 2.45. The number of phenolic OH excluding ortho intramolecular Hbond substituents is 1. The van der Waals surface area contributed by atoms with Gasteiger partial charge in [0.25, 0.3) is 0 Å². The summed E-state index contributed by atoms with van der Waals surface area (Å²) in [7, 11) is 0. The zero-order valence-electron chi connectivity index (χ0n) is 11.5. The standard InChI is InChI=1S/C14H8Cl3F3N2O2/c15-6-4-8(16)12(23)10(5-6)22-13(24)21-9-3-1-2-7(11(9)17)14(18,19)20/h1-5,23H,(H2,21,22,24). The normalized spacial score (nSPS) is 11.2. The third-order valence-corrected chi connectivity index (χ3v) is 3.74. The number of anilines is 2. The fourth-order valence-electron chi connectivity index (χ4n) is 1.78. The Bertz CT molecular complexity index is 798. The Balaban J connectivity index is 2.23. The molecular formula is C14H8Cl3F3N2O2. The third-order valence-electron chi connectivity index (χ3n) is 2.83. The molecule has 0 spiro atoms. The van der Waals surface area contributed by atoms with Gasteiger partial charge in [-0.3, -0.25) is 0 Å². The molecule has 0 radical (unpaired) electrons. The quantitative estimate of drug-likeness (QED) is 0.541. The van der Waals surface area contributed by atoms with Gasteiger partial charge in [0.1, 0.15) is 0 Å². The summed E-state index contributed by atoms with van der Waals surface area (Å²) in [5, 5.41) is 13.5. The van der Waals surface area contributed by atoms with Gasteiger partial charge in [0, 0.05) is 5.02 Å². The number of benzene rings is 2. The molecule has 0 fully saturated rings. The van der Waals surface area contributed by atoms with E-state index in [1.165, 1.54) is 18.2 Å². The molecule has 0 unspecified atom stereocenters. The summed E-state index contributed by atoms with van der Waals surface area (Å²) in [5.74, 6) is -0.439. The maximum absolute atomic E-state index is 12.8. The van der Waals surface area contributed by atoms with Gasteiger partial charge >= 0.3 is 12.2 Å². The molecule has 0 heterocycles. The number of hydrogen-bond donors (Lipinski definition) is 3. The topological polar surface area (TPSA) is 61.4 Å². The first kappa shape index (κ1) is 18.5. The minimum absolute atomic E-state index is 0.102. The zero-order chi connectivity index (χ0) is 18.1. The fraction of sp³-hybridized carbons (Fsp3) is 0.0714. The summed E-state index contributed by atoms with van der Waals surface area (Å²) in [5.41, 5.74) is -1.46. The second kappa shape index (κ2) is 6.96. The van der Waals surface area contributed by atoms with Crippen LogP contribution in [0.4, 0.5) is 29.3 Å². The van der Waals surface area contributed by atoms with Gasteiger partial charge in [0.2, 0.25) is 0 Å². The Morgan fingerprint density at radius 2 is 1.67 bits per heavy atom. The van der Waals surface area contributed by atoms with Crippen molar-refractivity contribution in [3.8, 4) is 5.75 Å². The molecule has 0 atom stereocenters. The zero-order valence-corrected chi connectivity index (χ0v) is 13.8. The first-order chi connectivity index (χ1) is 11.1. The van der Waals surface area contributed by atoms with Crippen LogP contribution in [0.5, 0.6) is 5.75 Å². The fourth-order valence-corrected chi connectivity index (χ4v) is 2.56. The summed E-state index contributed by atoms with van der Waals surface area (Å²) in [6, 6.07) is 4.61. The molecule has 4 nitrogen and oxygen atoms in total. The van der Waals surface area contributed by atoms with Gasteiger partial charge in [-0.1, -0.05) is 40.9 Å². The maximum atomic E-state index is 12.8. The van der Waals surface area contributed by atoms with Gasteiger partial charge in [-0.15, -0.1) is 0 Å². The van der Waals surface area contributed by atoms with Crippen LogP contribution < -0.4 is 10.6 Å². The number of phenols is 1. The predicted octanol–water partition coefficient (Wildman–Crippen LogP) is 6.02. The predicted molar refractivity (Wildman–Crippen MR) is 87.2 cm³/mol. The van der Waals surface area contributed by atoms with Gasteiger partial charge in [0.15, 0.2) is 5.75 Å². The lowest BCUT2D eigenvalue weighted by Crippen LogP contribution is -2.20. The molecule has 2 aromatic rings. The number of alkyl halides is 3. The van der Waals surface area contributed by atoms with Gasteiger partial charge in [-0.05, 0) is 24.3 Å². The number of urea groups is 1. The van der Waals surface area contributed by atoms with Crippen molar-refractivity contribution in [2.75, 3.05) is 10.6 Å². The Morgan fingerprint density at radius 3 is 2.29 bits per heavy atom. The SMILES string of the molecule is O=C(Nc1cc(Cl)cc(Cl)c1O)Nc1cccc(C(F)(F)F)c1Cl. The van der Waals surface area contributed by atoms with Crippen LogP contribution in [0.1, 0.15) is 5.56 Å². The van der Waals surface area contributed by atoms with Crippen LogP contribution in [0.2, 0.25) is 15.1 Å². The van der Waals surface area contributed by atoms with E-state index in [2.05, 4.69) is 10.6 Å². The van der Waals surface area contributed by atoms with Gasteiger partial charge in [0.05, 0.1) is 27.0 Å². The highest BCUT2D eigenvalue weighted by Crippen LogP contribution is 2.38. The van der Waals surface area contributed by atoms with Crippen molar-refractivity contribution in [1.82, 2.24) is 0 Å². The number of carbonyl (C=O) groups excluding carboxylic acids is 1. The number of aromatic hydroxyl groups is 1. The van der Waals surface area contributed by atoms with Crippen LogP contribution in [-0.2, 0) is 6.18 Å². The van der Waals surface area contributed by atoms with Crippen molar-refractivity contribution in [2.45, 2.75) is 6.18 Å². The van der Waals surface area contributed by atoms with E-state index in [4.69, 9.17) is 34.8 Å². The summed E-state index contributed by atoms with van der Waals surface area (Å²) in [6.07, 6.45) is -4.66. The van der Waals surface area contributed by atoms with Crippen molar-refractivity contribution >= 4 is 52.2 Å². The highest BCUT2D eigenvalue weighted by Gasteiger charge is 2.34. The number of nitrogens with one attached hydrogen (secondary N) is 2. The lowest BCUT2D eigenvalue weighted by atomic mass is 10.2. The van der Waals surface area contributed by atoms with Gasteiger partial charge in [-0.25, -0.2) is 4.79 Å². The van der Waals surface area contributed by atoms with E-state index in [1.807, 2.05) is 0 Å². The molecule has 24 heavy (non-hydrogen) atoms. The summed E-state index contributed by atoms with van der Waals surface area (Å²) < 4.78 is 38.3. The summed E-state index contributed by atoms with van der Waals surface area (Å²) >= 11 is 17.1. The third kappa shape index (κ3) is 4.17. The minimum atomic E-state index is -4.66. The molecule has 0 aliphatic heterocycles. The summed E-state index contributed by atoms with van der Waals surface area (Å²) in [4.78, 5) is 11.9. The molecule has 3 N–H and O–H groups in total. The highest BCUT2D eigenvalue weighted by atomic mass is 35.5. The van der Waals surface area contributed by atoms with Gasteiger partial charge < -0.3 is 15.7 Å². The molecule has 10 heteroatoms. The molecule has 128 valence electrons. The van der Waals surface area contributed by atoms with Crippen molar-refractivity contribution in [1.29, 1.82) is 0 Å². The first-order valence-corrected chi connectivity index (χ1v) is 7.34. The van der Waals surface area contributed by atoms with Crippen molar-refractivity contribution < 1.29 is 23.1 Å². The molecule has 2 amide bonds. The molecular weight excluding hydrogens is 392 g/mol. The van der Waals surface area contributed by atoms with E-state index in [9.17, 15) is 23.1 Å². The molecule has 2 rings (SSSR count). The van der Waals surface area contributed by atoms with E-state index in [0.717, 1.165) is 12.1 Å². The molecule has 0 bridgehead atoms. The number of carbonyl (C=O) groups is 1. The molecule has 0 saturated carbocycles. The second-order valence-electron chi connectivity index (χ2n) is 4.53. The number of rotatable bonds is 2. The number of hydrogen-bond acceptors (Lipinski definition) is 2. The smallest absolute Gasteiger partial charge is 0.417 e. The van der Waals surface area contributed by atoms with Crippen LogP contribution in [0.25, 0.3) is 0 Å². The Hall–Kier alpha value is -1.83. The largest absolute Gasteiger partial charge is 0.504 e. The van der Waals surface area contributed by atoms with Crippen molar-refractivity contribution in [2.24, 2.45) is 0 Å². The van der Waals surface area contributed by atoms with E-state index in [1.54, 1.807) is 0 Å². The van der Waals surface area contributed by atoms with E-state index < -0.39 is 28.5 Å². The molecule has 0 saturated heterocycles. The number of halogens is 6. The second-order valence-corrected chi connectivity index (χ2v) is 5.75. The Labute approximate surface area is 149 Å². The van der Waals surface area contributed by atoms with Crippen molar-refractivity contribution in [3.05, 3.63) is 51.0 Å². The van der Waals surface area contributed by atoms with Crippen LogP contribution in [0.3, 0.4) is 0 Å². The van der Waals surface area contributed by atoms with Crippen LogP contribution in [-0.4, -0.2) is 11.1 Å². The highest BCUT2D eigenvalue weighted by molar-refractivity contribution is 6.36.